The van der Waals surface area contributed by atoms with Crippen LogP contribution in [0.25, 0.3) is 0 Å². The molecule has 1 aliphatic carbocycles. The van der Waals surface area contributed by atoms with Gasteiger partial charge in [-0.1, -0.05) is 19.1 Å². The Balaban J connectivity index is 1.59. The molecule has 1 aromatic carbocycles. The summed E-state index contributed by atoms with van der Waals surface area (Å²) in [6.07, 6.45) is -2.36. The minimum atomic E-state index is -4.80. The molecule has 0 unspecified atom stereocenters. The van der Waals surface area contributed by atoms with Gasteiger partial charge in [-0.3, -0.25) is 15.0 Å². The molecule has 2 N–H and O–H groups in total. The number of benzene rings is 1. The molecule has 28 heavy (non-hydrogen) atoms. The molecule has 1 heterocycles. The van der Waals surface area contributed by atoms with Crippen LogP contribution in [-0.2, 0) is 16.0 Å². The van der Waals surface area contributed by atoms with Crippen molar-refractivity contribution >= 4 is 17.8 Å². The fourth-order valence-corrected chi connectivity index (χ4v) is 3.47. The minimum Gasteiger partial charge on any atom is -0.406 e. The molecule has 1 aliphatic heterocycles. The van der Waals surface area contributed by atoms with E-state index in [2.05, 4.69) is 22.4 Å². The highest BCUT2D eigenvalue weighted by atomic mass is 19.4. The number of carbonyl (C=O) groups excluding carboxylic acids is 3. The van der Waals surface area contributed by atoms with Gasteiger partial charge in [0.05, 0.1) is 6.42 Å². The van der Waals surface area contributed by atoms with Crippen molar-refractivity contribution in [3.63, 3.8) is 0 Å². The molecule has 1 spiro atoms. The minimum absolute atomic E-state index is 0.215. The summed E-state index contributed by atoms with van der Waals surface area (Å²) in [5, 5.41) is 3.38. The van der Waals surface area contributed by atoms with E-state index < -0.39 is 35.5 Å². The maximum absolute atomic E-state index is 12.7. The predicted octanol–water partition coefficient (Wildman–Crippen LogP) is 2.66. The molecule has 2 aliphatic rings. The molecular weight excluding hydrogens is 379 g/mol. The summed E-state index contributed by atoms with van der Waals surface area (Å²) in [6.45, 7) is 2.08. The molecule has 4 amide bonds. The fourth-order valence-electron chi connectivity index (χ4n) is 3.47. The van der Waals surface area contributed by atoms with Crippen molar-refractivity contribution in [1.82, 2.24) is 15.8 Å². The molecule has 0 aromatic heterocycles. The Morgan fingerprint density at radius 3 is 2.43 bits per heavy atom. The molecule has 1 saturated carbocycles. The largest absolute Gasteiger partial charge is 0.573 e. The van der Waals surface area contributed by atoms with Gasteiger partial charge < -0.3 is 10.1 Å². The van der Waals surface area contributed by atoms with Gasteiger partial charge in [0.1, 0.15) is 11.3 Å². The van der Waals surface area contributed by atoms with Crippen molar-refractivity contribution in [3.05, 3.63) is 29.8 Å². The van der Waals surface area contributed by atoms with Crippen LogP contribution in [0.2, 0.25) is 0 Å². The van der Waals surface area contributed by atoms with E-state index in [1.54, 1.807) is 0 Å². The lowest BCUT2D eigenvalue weighted by molar-refractivity contribution is -0.274. The van der Waals surface area contributed by atoms with Gasteiger partial charge in [-0.05, 0) is 49.3 Å². The summed E-state index contributed by atoms with van der Waals surface area (Å²) in [5.74, 6) is -1.04. The van der Waals surface area contributed by atoms with E-state index in [9.17, 15) is 27.6 Å². The van der Waals surface area contributed by atoms with Crippen molar-refractivity contribution in [1.29, 1.82) is 0 Å². The Morgan fingerprint density at radius 1 is 1.25 bits per heavy atom. The van der Waals surface area contributed by atoms with Gasteiger partial charge in [-0.25, -0.2) is 4.79 Å². The molecule has 0 bridgehead atoms. The molecule has 10 heteroatoms. The summed E-state index contributed by atoms with van der Waals surface area (Å²) in [6, 6.07) is 4.10. The van der Waals surface area contributed by atoms with Crippen molar-refractivity contribution in [2.75, 3.05) is 0 Å². The number of halogens is 3. The third-order valence-electron chi connectivity index (χ3n) is 5.05. The maximum atomic E-state index is 12.7. The van der Waals surface area contributed by atoms with Crippen molar-refractivity contribution in [2.45, 2.75) is 50.9 Å². The summed E-state index contributed by atoms with van der Waals surface area (Å²) < 4.78 is 40.3. The van der Waals surface area contributed by atoms with Gasteiger partial charge in [-0.15, -0.1) is 13.2 Å². The van der Waals surface area contributed by atoms with Crippen LogP contribution in [-0.4, -0.2) is 34.8 Å². The van der Waals surface area contributed by atoms with Crippen LogP contribution in [0.5, 0.6) is 5.75 Å². The number of alkyl halides is 3. The second-order valence-electron chi connectivity index (χ2n) is 7.24. The molecule has 3 rings (SSSR count). The first kappa shape index (κ1) is 20.0. The summed E-state index contributed by atoms with van der Waals surface area (Å²) >= 11 is 0. The highest BCUT2D eigenvalue weighted by Crippen LogP contribution is 2.35. The Morgan fingerprint density at radius 2 is 1.86 bits per heavy atom. The number of urea groups is 1. The monoisotopic (exact) mass is 399 g/mol. The number of hydrogen-bond donors (Lipinski definition) is 2. The van der Waals surface area contributed by atoms with E-state index in [0.29, 0.717) is 29.3 Å². The van der Waals surface area contributed by atoms with Crippen LogP contribution in [0.3, 0.4) is 0 Å². The van der Waals surface area contributed by atoms with Crippen LogP contribution >= 0.6 is 0 Å². The first-order valence-corrected chi connectivity index (χ1v) is 8.89. The van der Waals surface area contributed by atoms with Crippen molar-refractivity contribution in [2.24, 2.45) is 5.92 Å². The quantitative estimate of drug-likeness (QED) is 0.762. The number of ether oxygens (including phenoxy) is 1. The second kappa shape index (κ2) is 7.33. The topological polar surface area (TPSA) is 87.7 Å². The number of hydrogen-bond acceptors (Lipinski definition) is 4. The van der Waals surface area contributed by atoms with Gasteiger partial charge in [0.2, 0.25) is 5.91 Å². The van der Waals surface area contributed by atoms with E-state index in [4.69, 9.17) is 0 Å². The van der Waals surface area contributed by atoms with Crippen LogP contribution in [0.4, 0.5) is 18.0 Å². The summed E-state index contributed by atoms with van der Waals surface area (Å²) in [4.78, 5) is 37.0. The van der Waals surface area contributed by atoms with Gasteiger partial charge in [0, 0.05) is 0 Å². The summed E-state index contributed by atoms with van der Waals surface area (Å²) in [7, 11) is 0. The van der Waals surface area contributed by atoms with Crippen LogP contribution in [0, 0.1) is 5.92 Å². The zero-order valence-corrected chi connectivity index (χ0v) is 15.1. The standard InChI is InChI=1S/C18H20F3N3O4/c1-11-6-8-17(9-7-11)15(26)24(16(27)22-17)23-14(25)10-12-2-4-13(5-3-12)28-18(19,20)21/h2-5,11H,6-10H2,1H3,(H,22,27)(H,23,25). The van der Waals surface area contributed by atoms with E-state index in [0.717, 1.165) is 25.0 Å². The fraction of sp³-hybridized carbons (Fsp3) is 0.500. The third-order valence-corrected chi connectivity index (χ3v) is 5.05. The third kappa shape index (κ3) is 4.37. The normalized spacial score (nSPS) is 25.0. The Kier molecular flexibility index (Phi) is 5.22. The van der Waals surface area contributed by atoms with Crippen molar-refractivity contribution in [3.8, 4) is 5.75 Å². The lowest BCUT2D eigenvalue weighted by atomic mass is 9.77. The average Bonchev–Trinajstić information content (AvgIpc) is 2.82. The van der Waals surface area contributed by atoms with Crippen LogP contribution < -0.4 is 15.5 Å². The SMILES string of the molecule is CC1CCC2(CC1)NC(=O)N(NC(=O)Cc1ccc(OC(F)(F)F)cc1)C2=O. The number of nitrogens with zero attached hydrogens (tertiary/aromatic N) is 1. The number of nitrogens with one attached hydrogen (secondary N) is 2. The molecule has 152 valence electrons. The van der Waals surface area contributed by atoms with Gasteiger partial charge >= 0.3 is 12.4 Å². The van der Waals surface area contributed by atoms with Gasteiger partial charge in [0.25, 0.3) is 5.91 Å². The Bertz CT molecular complexity index is 771. The average molecular weight is 399 g/mol. The lowest BCUT2D eigenvalue weighted by Crippen LogP contribution is -2.51. The number of hydrazine groups is 1. The molecule has 1 aromatic rings. The second-order valence-corrected chi connectivity index (χ2v) is 7.24. The number of amides is 4. The first-order chi connectivity index (χ1) is 13.1. The predicted molar refractivity (Wildman–Crippen MR) is 90.7 cm³/mol. The van der Waals surface area contributed by atoms with E-state index >= 15 is 0 Å². The van der Waals surface area contributed by atoms with E-state index in [1.165, 1.54) is 12.1 Å². The molecule has 0 atom stereocenters. The molecular formula is C18H20F3N3O4. The molecule has 0 radical (unpaired) electrons. The number of imide groups is 1. The Labute approximate surface area is 159 Å². The molecule has 7 nitrogen and oxygen atoms in total. The highest BCUT2D eigenvalue weighted by Gasteiger charge is 2.52. The lowest BCUT2D eigenvalue weighted by Gasteiger charge is -2.33. The van der Waals surface area contributed by atoms with Crippen LogP contribution in [0.15, 0.2) is 24.3 Å². The van der Waals surface area contributed by atoms with Crippen molar-refractivity contribution < 1.29 is 32.3 Å². The maximum Gasteiger partial charge on any atom is 0.573 e. The smallest absolute Gasteiger partial charge is 0.406 e. The zero-order valence-electron chi connectivity index (χ0n) is 15.1. The number of rotatable bonds is 4. The van der Waals surface area contributed by atoms with Gasteiger partial charge in [-0.2, -0.15) is 5.01 Å². The summed E-state index contributed by atoms with van der Waals surface area (Å²) in [5.41, 5.74) is 1.72. The van der Waals surface area contributed by atoms with Gasteiger partial charge in [0.15, 0.2) is 0 Å². The molecule has 1 saturated heterocycles. The van der Waals surface area contributed by atoms with E-state index in [-0.39, 0.29) is 6.42 Å². The number of carbonyl (C=O) groups is 3. The van der Waals surface area contributed by atoms with E-state index in [1.807, 2.05) is 0 Å². The highest BCUT2D eigenvalue weighted by molar-refractivity contribution is 6.08. The zero-order chi connectivity index (χ0) is 20.5. The first-order valence-electron chi connectivity index (χ1n) is 8.89. The molecule has 2 fully saturated rings. The van der Waals surface area contributed by atoms with Crippen LogP contribution in [0.1, 0.15) is 38.2 Å². The Hall–Kier alpha value is -2.78.